The second kappa shape index (κ2) is 7.29. The number of Topliss-reactive ketones (excluding diaryl/α,β-unsaturated/α-hetero) is 1. The molecule has 19 heavy (non-hydrogen) atoms. The highest BCUT2D eigenvalue weighted by Crippen LogP contribution is 2.12. The zero-order valence-electron chi connectivity index (χ0n) is 11.8. The highest BCUT2D eigenvalue weighted by molar-refractivity contribution is 5.94. The molecule has 1 aliphatic rings. The number of nitrogens with one attached hydrogen (secondary N) is 1. The van der Waals surface area contributed by atoms with Gasteiger partial charge in [0.1, 0.15) is 5.75 Å². The summed E-state index contributed by atoms with van der Waals surface area (Å²) in [5.41, 5.74) is 0.741. The van der Waals surface area contributed by atoms with Gasteiger partial charge in [-0.25, -0.2) is 0 Å². The minimum absolute atomic E-state index is 0.0974. The van der Waals surface area contributed by atoms with E-state index in [-0.39, 0.29) is 5.78 Å². The SMILES string of the molecule is CC(=O)c1ccc(OCCCC[NH+]2CCCC2)cc1. The predicted molar refractivity (Wildman–Crippen MR) is 76.0 cm³/mol. The second-order valence-corrected chi connectivity index (χ2v) is 5.34. The molecule has 0 aliphatic carbocycles. The molecule has 1 aliphatic heterocycles. The number of benzene rings is 1. The van der Waals surface area contributed by atoms with Gasteiger partial charge in [-0.05, 0) is 44.0 Å². The van der Waals surface area contributed by atoms with Gasteiger partial charge >= 0.3 is 0 Å². The maximum Gasteiger partial charge on any atom is 0.159 e. The second-order valence-electron chi connectivity index (χ2n) is 5.34. The van der Waals surface area contributed by atoms with Crippen LogP contribution in [0.1, 0.15) is 43.0 Å². The van der Waals surface area contributed by atoms with Crippen LogP contribution in [0.3, 0.4) is 0 Å². The van der Waals surface area contributed by atoms with Crippen LogP contribution >= 0.6 is 0 Å². The Bertz CT molecular complexity index is 394. The van der Waals surface area contributed by atoms with E-state index in [0.29, 0.717) is 0 Å². The zero-order valence-corrected chi connectivity index (χ0v) is 11.8. The Morgan fingerprint density at radius 1 is 1.16 bits per heavy atom. The summed E-state index contributed by atoms with van der Waals surface area (Å²) < 4.78 is 5.68. The van der Waals surface area contributed by atoms with Crippen LogP contribution in [0.5, 0.6) is 5.75 Å². The zero-order chi connectivity index (χ0) is 13.5. The summed E-state index contributed by atoms with van der Waals surface area (Å²) in [5, 5.41) is 0. The van der Waals surface area contributed by atoms with E-state index in [4.69, 9.17) is 4.74 Å². The topological polar surface area (TPSA) is 30.7 Å². The fourth-order valence-electron chi connectivity index (χ4n) is 2.58. The van der Waals surface area contributed by atoms with Crippen molar-refractivity contribution >= 4 is 5.78 Å². The summed E-state index contributed by atoms with van der Waals surface area (Å²) in [7, 11) is 0. The number of hydrogen-bond donors (Lipinski definition) is 1. The number of ketones is 1. The van der Waals surface area contributed by atoms with E-state index in [2.05, 4.69) is 0 Å². The molecule has 0 aromatic heterocycles. The van der Waals surface area contributed by atoms with Crippen LogP contribution in [0, 0.1) is 0 Å². The molecule has 0 spiro atoms. The van der Waals surface area contributed by atoms with Crippen LogP contribution in [-0.4, -0.2) is 32.0 Å². The number of ether oxygens (including phenoxy) is 1. The van der Waals surface area contributed by atoms with Gasteiger partial charge in [0, 0.05) is 18.4 Å². The van der Waals surface area contributed by atoms with Gasteiger partial charge in [-0.15, -0.1) is 0 Å². The van der Waals surface area contributed by atoms with E-state index < -0.39 is 0 Å². The maximum atomic E-state index is 11.1. The van der Waals surface area contributed by atoms with E-state index in [1.807, 2.05) is 24.3 Å². The molecule has 0 radical (unpaired) electrons. The van der Waals surface area contributed by atoms with Crippen molar-refractivity contribution < 1.29 is 14.4 Å². The summed E-state index contributed by atoms with van der Waals surface area (Å²) in [6.07, 6.45) is 5.14. The Labute approximate surface area is 115 Å². The van der Waals surface area contributed by atoms with Gasteiger partial charge < -0.3 is 9.64 Å². The summed E-state index contributed by atoms with van der Waals surface area (Å²) in [6.45, 7) is 6.34. The van der Waals surface area contributed by atoms with Crippen LogP contribution < -0.4 is 9.64 Å². The summed E-state index contributed by atoms with van der Waals surface area (Å²) in [4.78, 5) is 12.9. The quantitative estimate of drug-likeness (QED) is 0.599. The summed E-state index contributed by atoms with van der Waals surface area (Å²) in [6, 6.07) is 7.41. The van der Waals surface area contributed by atoms with Crippen molar-refractivity contribution in [3.05, 3.63) is 29.8 Å². The Morgan fingerprint density at radius 3 is 2.47 bits per heavy atom. The lowest BCUT2D eigenvalue weighted by atomic mass is 10.1. The first-order valence-corrected chi connectivity index (χ1v) is 7.33. The van der Waals surface area contributed by atoms with Crippen molar-refractivity contribution in [2.24, 2.45) is 0 Å². The number of carbonyl (C=O) groups excluding carboxylic acids is 1. The lowest BCUT2D eigenvalue weighted by Crippen LogP contribution is -3.09. The summed E-state index contributed by atoms with van der Waals surface area (Å²) in [5.74, 6) is 0.957. The van der Waals surface area contributed by atoms with E-state index in [0.717, 1.165) is 24.3 Å². The molecule has 104 valence electrons. The minimum atomic E-state index is 0.0974. The van der Waals surface area contributed by atoms with Gasteiger partial charge in [-0.3, -0.25) is 4.79 Å². The Morgan fingerprint density at radius 2 is 1.84 bits per heavy atom. The number of quaternary nitrogens is 1. The lowest BCUT2D eigenvalue weighted by molar-refractivity contribution is -0.887. The molecule has 1 saturated heterocycles. The standard InChI is InChI=1S/C16H23NO2/c1-14(18)15-6-8-16(9-7-15)19-13-5-4-12-17-10-2-3-11-17/h6-9H,2-5,10-13H2,1H3/p+1. The van der Waals surface area contributed by atoms with E-state index >= 15 is 0 Å². The number of likely N-dealkylation sites (tertiary alicyclic amines) is 1. The third-order valence-corrected chi connectivity index (χ3v) is 3.76. The first-order chi connectivity index (χ1) is 9.25. The van der Waals surface area contributed by atoms with Crippen LogP contribution in [0.15, 0.2) is 24.3 Å². The van der Waals surface area contributed by atoms with Crippen molar-refractivity contribution in [1.29, 1.82) is 0 Å². The number of carbonyl (C=O) groups is 1. The van der Waals surface area contributed by atoms with E-state index in [9.17, 15) is 4.79 Å². The molecule has 3 heteroatoms. The Balaban J connectivity index is 1.61. The number of rotatable bonds is 7. The van der Waals surface area contributed by atoms with Crippen LogP contribution in [0.25, 0.3) is 0 Å². The lowest BCUT2D eigenvalue weighted by Gasteiger charge is -2.11. The highest BCUT2D eigenvalue weighted by atomic mass is 16.5. The van der Waals surface area contributed by atoms with Crippen molar-refractivity contribution in [3.8, 4) is 5.75 Å². The fraction of sp³-hybridized carbons (Fsp3) is 0.562. The molecule has 1 N–H and O–H groups in total. The normalized spacial score (nSPS) is 15.6. The molecule has 2 rings (SSSR count). The first kappa shape index (κ1) is 14.1. The van der Waals surface area contributed by atoms with Crippen molar-refractivity contribution in [2.75, 3.05) is 26.2 Å². The highest BCUT2D eigenvalue weighted by Gasteiger charge is 2.13. The van der Waals surface area contributed by atoms with Gasteiger partial charge in [-0.2, -0.15) is 0 Å². The van der Waals surface area contributed by atoms with Crippen molar-refractivity contribution in [1.82, 2.24) is 0 Å². The van der Waals surface area contributed by atoms with E-state index in [1.54, 1.807) is 11.8 Å². The number of unbranched alkanes of at least 4 members (excludes halogenated alkanes) is 1. The molecular weight excluding hydrogens is 238 g/mol. The molecular formula is C16H24NO2+. The molecule has 1 heterocycles. The third kappa shape index (κ3) is 4.67. The molecule has 3 nitrogen and oxygen atoms in total. The van der Waals surface area contributed by atoms with Gasteiger partial charge in [0.2, 0.25) is 0 Å². The van der Waals surface area contributed by atoms with Gasteiger partial charge in [-0.1, -0.05) is 0 Å². The van der Waals surface area contributed by atoms with Crippen LogP contribution in [-0.2, 0) is 0 Å². The predicted octanol–water partition coefficient (Wildman–Crippen LogP) is 1.73. The monoisotopic (exact) mass is 262 g/mol. The van der Waals surface area contributed by atoms with Gasteiger partial charge in [0.25, 0.3) is 0 Å². The average molecular weight is 262 g/mol. The van der Waals surface area contributed by atoms with Crippen molar-refractivity contribution in [3.63, 3.8) is 0 Å². The van der Waals surface area contributed by atoms with Crippen LogP contribution in [0.2, 0.25) is 0 Å². The largest absolute Gasteiger partial charge is 0.494 e. The molecule has 0 bridgehead atoms. The van der Waals surface area contributed by atoms with E-state index in [1.165, 1.54) is 38.9 Å². The molecule has 0 unspecified atom stereocenters. The number of hydrogen-bond acceptors (Lipinski definition) is 2. The smallest absolute Gasteiger partial charge is 0.159 e. The maximum absolute atomic E-state index is 11.1. The molecule has 1 aromatic rings. The Hall–Kier alpha value is -1.35. The fourth-order valence-corrected chi connectivity index (χ4v) is 2.58. The average Bonchev–Trinajstić information content (AvgIpc) is 2.92. The Kier molecular flexibility index (Phi) is 5.40. The minimum Gasteiger partial charge on any atom is -0.494 e. The molecule has 1 fully saturated rings. The molecule has 1 aromatic carbocycles. The van der Waals surface area contributed by atoms with Gasteiger partial charge in [0.05, 0.1) is 26.2 Å². The van der Waals surface area contributed by atoms with Crippen LogP contribution in [0.4, 0.5) is 0 Å². The molecule has 0 saturated carbocycles. The molecule has 0 atom stereocenters. The summed E-state index contributed by atoms with van der Waals surface area (Å²) >= 11 is 0. The first-order valence-electron chi connectivity index (χ1n) is 7.33. The van der Waals surface area contributed by atoms with Crippen molar-refractivity contribution in [2.45, 2.75) is 32.6 Å². The van der Waals surface area contributed by atoms with Gasteiger partial charge in [0.15, 0.2) is 5.78 Å². The molecule has 0 amide bonds. The third-order valence-electron chi connectivity index (χ3n) is 3.76.